The molecular weight excluding hydrogens is 466 g/mol. The summed E-state index contributed by atoms with van der Waals surface area (Å²) in [5.74, 6) is 5.52. The molecule has 0 saturated heterocycles. The molecule has 0 unspecified atom stereocenters. The standard InChI is InChI=1S/C25H23N5O4S/c1-33-22-13-19(35-2)12-21-20(22)14-27-24(28-21)30(18-10-8-17(9-11-18)23(31)29-26)25(32)34-15-16-6-4-3-5-7-16/h3-14H,15,26H2,1-2H3,(H,29,31). The summed E-state index contributed by atoms with van der Waals surface area (Å²) in [6.45, 7) is 0.0713. The molecule has 10 heteroatoms. The number of carbonyl (C=O) groups is 2. The van der Waals surface area contributed by atoms with Crippen molar-refractivity contribution in [3.63, 3.8) is 0 Å². The van der Waals surface area contributed by atoms with E-state index in [2.05, 4.69) is 15.4 Å². The largest absolute Gasteiger partial charge is 0.496 e. The van der Waals surface area contributed by atoms with Crippen LogP contribution in [0.25, 0.3) is 10.9 Å². The van der Waals surface area contributed by atoms with Crippen molar-refractivity contribution in [2.75, 3.05) is 18.3 Å². The second-order valence-corrected chi connectivity index (χ2v) is 8.21. The van der Waals surface area contributed by atoms with Crippen LogP contribution in [-0.4, -0.2) is 35.3 Å². The maximum Gasteiger partial charge on any atom is 0.421 e. The third kappa shape index (κ3) is 5.34. The molecule has 35 heavy (non-hydrogen) atoms. The third-order valence-corrected chi connectivity index (χ3v) is 5.89. The van der Waals surface area contributed by atoms with Gasteiger partial charge in [0.15, 0.2) is 0 Å². The van der Waals surface area contributed by atoms with Crippen LogP contribution in [0, 0.1) is 0 Å². The van der Waals surface area contributed by atoms with Crippen LogP contribution in [0.1, 0.15) is 15.9 Å². The monoisotopic (exact) mass is 489 g/mol. The van der Waals surface area contributed by atoms with Gasteiger partial charge < -0.3 is 9.47 Å². The molecule has 0 spiro atoms. The number of nitrogen functional groups attached to an aromatic ring is 1. The number of benzene rings is 3. The van der Waals surface area contributed by atoms with Crippen molar-refractivity contribution < 1.29 is 19.1 Å². The minimum atomic E-state index is -0.669. The molecule has 0 fully saturated rings. The molecule has 0 saturated carbocycles. The number of carbonyl (C=O) groups excluding carboxylic acids is 2. The van der Waals surface area contributed by atoms with E-state index in [1.807, 2.05) is 48.7 Å². The van der Waals surface area contributed by atoms with E-state index in [0.717, 1.165) is 10.5 Å². The summed E-state index contributed by atoms with van der Waals surface area (Å²) in [7, 11) is 1.58. The number of methoxy groups -OCH3 is 1. The molecule has 0 aliphatic rings. The van der Waals surface area contributed by atoms with Crippen LogP contribution in [0.2, 0.25) is 0 Å². The predicted molar refractivity (Wildman–Crippen MR) is 135 cm³/mol. The molecule has 1 aromatic heterocycles. The van der Waals surface area contributed by atoms with Crippen molar-refractivity contribution >= 4 is 46.3 Å². The fourth-order valence-corrected chi connectivity index (χ4v) is 3.85. The molecule has 1 heterocycles. The molecule has 3 N–H and O–H groups in total. The van der Waals surface area contributed by atoms with E-state index >= 15 is 0 Å². The first-order chi connectivity index (χ1) is 17.0. The number of anilines is 2. The lowest BCUT2D eigenvalue weighted by Crippen LogP contribution is -2.30. The van der Waals surface area contributed by atoms with Crippen LogP contribution in [0.4, 0.5) is 16.4 Å². The second kappa shape index (κ2) is 10.9. The Morgan fingerprint density at radius 3 is 2.49 bits per heavy atom. The Hall–Kier alpha value is -4.15. The number of thioether (sulfide) groups is 1. The summed E-state index contributed by atoms with van der Waals surface area (Å²) >= 11 is 1.55. The highest BCUT2D eigenvalue weighted by Gasteiger charge is 2.24. The normalized spacial score (nSPS) is 10.6. The topological polar surface area (TPSA) is 120 Å². The Kier molecular flexibility index (Phi) is 7.44. The molecule has 178 valence electrons. The summed E-state index contributed by atoms with van der Waals surface area (Å²) in [5.41, 5.74) is 4.29. The van der Waals surface area contributed by atoms with Gasteiger partial charge in [0.2, 0.25) is 5.95 Å². The van der Waals surface area contributed by atoms with E-state index in [-0.39, 0.29) is 12.6 Å². The number of nitrogens with one attached hydrogen (secondary N) is 1. The average Bonchev–Trinajstić information content (AvgIpc) is 2.91. The third-order valence-electron chi connectivity index (χ3n) is 5.19. The van der Waals surface area contributed by atoms with Crippen molar-refractivity contribution in [3.05, 3.63) is 84.1 Å². The van der Waals surface area contributed by atoms with Crippen molar-refractivity contribution in [1.29, 1.82) is 0 Å². The number of rotatable bonds is 7. The average molecular weight is 490 g/mol. The van der Waals surface area contributed by atoms with Gasteiger partial charge in [-0.2, -0.15) is 0 Å². The van der Waals surface area contributed by atoms with Gasteiger partial charge in [-0.3, -0.25) is 10.2 Å². The summed E-state index contributed by atoms with van der Waals surface area (Å²) < 4.78 is 11.1. The number of nitrogens with zero attached hydrogens (tertiary/aromatic N) is 3. The van der Waals surface area contributed by atoms with Gasteiger partial charge in [0.25, 0.3) is 5.91 Å². The summed E-state index contributed by atoms with van der Waals surface area (Å²) in [5, 5.41) is 0.710. The first kappa shape index (κ1) is 24.0. The fraction of sp³-hybridized carbons (Fsp3) is 0.120. The van der Waals surface area contributed by atoms with Gasteiger partial charge in [-0.25, -0.2) is 25.5 Å². The zero-order chi connectivity index (χ0) is 24.8. The van der Waals surface area contributed by atoms with Crippen LogP contribution >= 0.6 is 11.8 Å². The van der Waals surface area contributed by atoms with E-state index in [4.69, 9.17) is 15.3 Å². The number of ether oxygens (including phenoxy) is 2. The Balaban J connectivity index is 1.75. The van der Waals surface area contributed by atoms with Crippen LogP contribution in [0.5, 0.6) is 5.75 Å². The fourth-order valence-electron chi connectivity index (χ4n) is 3.39. The summed E-state index contributed by atoms with van der Waals surface area (Å²) in [6, 6.07) is 19.4. The first-order valence-electron chi connectivity index (χ1n) is 10.5. The van der Waals surface area contributed by atoms with Gasteiger partial charge in [0.05, 0.1) is 23.7 Å². The van der Waals surface area contributed by atoms with E-state index < -0.39 is 12.0 Å². The molecule has 0 aliphatic heterocycles. The molecule has 9 nitrogen and oxygen atoms in total. The number of fused-ring (bicyclic) bond motifs is 1. The van der Waals surface area contributed by atoms with E-state index in [0.29, 0.717) is 27.9 Å². The zero-order valence-electron chi connectivity index (χ0n) is 19.1. The smallest absolute Gasteiger partial charge is 0.421 e. The maximum absolute atomic E-state index is 13.3. The van der Waals surface area contributed by atoms with Crippen molar-refractivity contribution in [2.45, 2.75) is 11.5 Å². The lowest BCUT2D eigenvalue weighted by Gasteiger charge is -2.21. The number of amides is 2. The molecule has 0 aliphatic carbocycles. The van der Waals surface area contributed by atoms with Crippen LogP contribution < -0.4 is 20.9 Å². The second-order valence-electron chi connectivity index (χ2n) is 7.33. The predicted octanol–water partition coefficient (Wildman–Crippen LogP) is 4.44. The number of hydrogen-bond donors (Lipinski definition) is 2. The molecule has 0 bridgehead atoms. The van der Waals surface area contributed by atoms with Gasteiger partial charge in [-0.1, -0.05) is 30.3 Å². The lowest BCUT2D eigenvalue weighted by molar-refractivity contribution is 0.0953. The zero-order valence-corrected chi connectivity index (χ0v) is 19.9. The molecule has 0 radical (unpaired) electrons. The Bertz CT molecular complexity index is 1350. The highest BCUT2D eigenvalue weighted by molar-refractivity contribution is 7.98. The molecule has 3 aromatic carbocycles. The quantitative estimate of drug-likeness (QED) is 0.169. The van der Waals surface area contributed by atoms with E-state index in [1.54, 1.807) is 49.3 Å². The lowest BCUT2D eigenvalue weighted by atomic mass is 10.2. The molecule has 2 amide bonds. The number of hydrazine groups is 1. The Morgan fingerprint density at radius 1 is 1.09 bits per heavy atom. The molecule has 0 atom stereocenters. The van der Waals surface area contributed by atoms with E-state index in [1.165, 1.54) is 4.90 Å². The minimum Gasteiger partial charge on any atom is -0.496 e. The molecular formula is C25H23N5O4S. The van der Waals surface area contributed by atoms with Crippen molar-refractivity contribution in [3.8, 4) is 5.75 Å². The van der Waals surface area contributed by atoms with Gasteiger partial charge in [0.1, 0.15) is 12.4 Å². The Labute approximate surface area is 206 Å². The van der Waals surface area contributed by atoms with Crippen molar-refractivity contribution in [2.24, 2.45) is 5.84 Å². The van der Waals surface area contributed by atoms with Gasteiger partial charge >= 0.3 is 6.09 Å². The van der Waals surface area contributed by atoms with Gasteiger partial charge in [-0.05, 0) is 48.2 Å². The highest BCUT2D eigenvalue weighted by Crippen LogP contribution is 2.32. The maximum atomic E-state index is 13.3. The number of hydrogen-bond acceptors (Lipinski definition) is 8. The minimum absolute atomic E-state index is 0.0713. The summed E-state index contributed by atoms with van der Waals surface area (Å²) in [6.07, 6.45) is 2.89. The van der Waals surface area contributed by atoms with Crippen LogP contribution in [0.3, 0.4) is 0 Å². The number of nitrogens with two attached hydrogens (primary N) is 1. The Morgan fingerprint density at radius 2 is 1.83 bits per heavy atom. The van der Waals surface area contributed by atoms with Crippen LogP contribution in [0.15, 0.2) is 77.8 Å². The van der Waals surface area contributed by atoms with Gasteiger partial charge in [-0.15, -0.1) is 11.8 Å². The first-order valence-corrected chi connectivity index (χ1v) is 11.8. The number of aromatic nitrogens is 2. The van der Waals surface area contributed by atoms with Gasteiger partial charge in [0, 0.05) is 16.7 Å². The van der Waals surface area contributed by atoms with Crippen LogP contribution in [-0.2, 0) is 11.3 Å². The molecule has 4 rings (SSSR count). The van der Waals surface area contributed by atoms with E-state index in [9.17, 15) is 9.59 Å². The molecule has 4 aromatic rings. The summed E-state index contributed by atoms with van der Waals surface area (Å²) in [4.78, 5) is 36.4. The van der Waals surface area contributed by atoms with Crippen molar-refractivity contribution in [1.82, 2.24) is 15.4 Å². The highest BCUT2D eigenvalue weighted by atomic mass is 32.2. The SMILES string of the molecule is COc1cc(SC)cc2nc(N(C(=O)OCc3ccccc3)c3ccc(C(=O)NN)cc3)ncc12.